The van der Waals surface area contributed by atoms with Crippen molar-refractivity contribution >= 4 is 11.9 Å². The fraction of sp³-hybridized carbons (Fsp3) is 0.926. The monoisotopic (exact) mass is 1220 g/mol. The maximum atomic E-state index is 12.5. The summed E-state index contributed by atoms with van der Waals surface area (Å²) in [5.74, 6) is -0.0339. The third-order valence-corrected chi connectivity index (χ3v) is 19.0. The number of amides is 1. The van der Waals surface area contributed by atoms with Gasteiger partial charge in [0.05, 0.1) is 25.4 Å². The highest BCUT2D eigenvalue weighted by atomic mass is 16.5. The number of aliphatic hydroxyl groups excluding tert-OH is 2. The van der Waals surface area contributed by atoms with E-state index < -0.39 is 12.1 Å². The van der Waals surface area contributed by atoms with Gasteiger partial charge < -0.3 is 20.3 Å². The van der Waals surface area contributed by atoms with Gasteiger partial charge in [0.1, 0.15) is 0 Å². The van der Waals surface area contributed by atoms with E-state index in [1.54, 1.807) is 6.08 Å². The molecule has 0 aromatic carbocycles. The maximum absolute atomic E-state index is 12.5. The highest BCUT2D eigenvalue weighted by molar-refractivity contribution is 5.76. The van der Waals surface area contributed by atoms with E-state index in [0.29, 0.717) is 19.4 Å². The molecule has 0 aliphatic carbocycles. The fourth-order valence-corrected chi connectivity index (χ4v) is 12.9. The lowest BCUT2D eigenvalue weighted by Crippen LogP contribution is -2.45. The number of carbonyl (C=O) groups excluding carboxylic acids is 2. The first-order valence-corrected chi connectivity index (χ1v) is 40.1. The third kappa shape index (κ3) is 73.3. The number of esters is 1. The van der Waals surface area contributed by atoms with Crippen molar-refractivity contribution in [1.82, 2.24) is 5.32 Å². The van der Waals surface area contributed by atoms with Crippen molar-refractivity contribution < 1.29 is 24.5 Å². The number of nitrogens with one attached hydrogen (secondary N) is 1. The SMILES string of the molecule is CCCCCCCCCCCCC/C=C/C(O)C(CO)NC(=O)CCCCCCCCCCCCCCCCCCC/C=C\CCCCCCCCCCCCCCCCCCCCOC(=O)CCCCCCCCCCCCCCCCCCCC. The van der Waals surface area contributed by atoms with Crippen LogP contribution in [-0.2, 0) is 14.3 Å². The molecule has 6 heteroatoms. The van der Waals surface area contributed by atoms with Gasteiger partial charge in [-0.15, -0.1) is 0 Å². The second kappa shape index (κ2) is 76.8. The van der Waals surface area contributed by atoms with Gasteiger partial charge in [-0.25, -0.2) is 0 Å². The standard InChI is InChI=1S/C81H157NO5/c1-3-5-7-9-11-13-15-17-18-19-44-47-51-55-59-63-67-71-75-81(86)87-76-72-68-64-60-56-52-48-45-42-40-38-36-34-32-30-28-26-24-22-20-21-23-25-27-29-31-33-35-37-39-41-43-46-50-54-58-62-66-70-74-80(85)82-78(77-83)79(84)73-69-65-61-57-53-49-16-14-12-10-8-6-4-2/h20-21,69,73,78-79,83-84H,3-19,22-68,70-72,74-77H2,1-2H3,(H,82,85)/b21-20-,73-69+. The van der Waals surface area contributed by atoms with Gasteiger partial charge in [-0.3, -0.25) is 9.59 Å². The van der Waals surface area contributed by atoms with Crippen molar-refractivity contribution in [1.29, 1.82) is 0 Å². The minimum Gasteiger partial charge on any atom is -0.466 e. The Kier molecular flexibility index (Phi) is 75.3. The number of allylic oxidation sites excluding steroid dienone is 3. The van der Waals surface area contributed by atoms with Crippen molar-refractivity contribution in [2.24, 2.45) is 0 Å². The van der Waals surface area contributed by atoms with Gasteiger partial charge in [0.2, 0.25) is 5.91 Å². The molecule has 0 aromatic rings. The second-order valence-electron chi connectivity index (χ2n) is 27.8. The Hall–Kier alpha value is -1.66. The van der Waals surface area contributed by atoms with Crippen LogP contribution in [0.15, 0.2) is 24.3 Å². The lowest BCUT2D eigenvalue weighted by atomic mass is 10.0. The molecule has 2 unspecified atom stereocenters. The molecule has 0 rings (SSSR count). The predicted molar refractivity (Wildman–Crippen MR) is 384 cm³/mol. The highest BCUT2D eigenvalue weighted by Gasteiger charge is 2.18. The summed E-state index contributed by atoms with van der Waals surface area (Å²) >= 11 is 0. The molecule has 87 heavy (non-hydrogen) atoms. The molecule has 3 N–H and O–H groups in total. The number of hydrogen-bond acceptors (Lipinski definition) is 5. The van der Waals surface area contributed by atoms with Crippen molar-refractivity contribution in [3.63, 3.8) is 0 Å². The summed E-state index contributed by atoms with van der Waals surface area (Å²) in [5, 5.41) is 23.1. The van der Waals surface area contributed by atoms with Crippen LogP contribution in [0.4, 0.5) is 0 Å². The predicted octanol–water partition coefficient (Wildman–Crippen LogP) is 26.4. The van der Waals surface area contributed by atoms with Gasteiger partial charge in [0.25, 0.3) is 0 Å². The van der Waals surface area contributed by atoms with Crippen molar-refractivity contribution in [2.75, 3.05) is 13.2 Å². The van der Waals surface area contributed by atoms with Crippen LogP contribution >= 0.6 is 0 Å². The summed E-state index contributed by atoms with van der Waals surface area (Å²) in [5.41, 5.74) is 0. The molecule has 0 aliphatic rings. The zero-order chi connectivity index (χ0) is 62.8. The topological polar surface area (TPSA) is 95.9 Å². The Morgan fingerprint density at radius 2 is 0.540 bits per heavy atom. The van der Waals surface area contributed by atoms with Crippen LogP contribution < -0.4 is 5.32 Å². The molecule has 0 saturated heterocycles. The lowest BCUT2D eigenvalue weighted by Gasteiger charge is -2.20. The molecule has 0 heterocycles. The van der Waals surface area contributed by atoms with Crippen molar-refractivity contribution in [2.45, 2.75) is 469 Å². The molecule has 0 spiro atoms. The highest BCUT2D eigenvalue weighted by Crippen LogP contribution is 2.20. The summed E-state index contributed by atoms with van der Waals surface area (Å²) in [4.78, 5) is 24.6. The first-order valence-electron chi connectivity index (χ1n) is 40.1. The molecule has 0 aromatic heterocycles. The maximum Gasteiger partial charge on any atom is 0.305 e. The Balaban J connectivity index is 3.30. The van der Waals surface area contributed by atoms with E-state index in [-0.39, 0.29) is 18.5 Å². The molecule has 1 amide bonds. The van der Waals surface area contributed by atoms with E-state index in [1.807, 2.05) is 6.08 Å². The smallest absolute Gasteiger partial charge is 0.305 e. The Labute approximate surface area is 545 Å². The average molecular weight is 1230 g/mol. The van der Waals surface area contributed by atoms with E-state index in [4.69, 9.17) is 4.74 Å². The van der Waals surface area contributed by atoms with E-state index in [9.17, 15) is 19.8 Å². The first kappa shape index (κ1) is 85.3. The summed E-state index contributed by atoms with van der Waals surface area (Å²) < 4.78 is 5.52. The molecule has 6 nitrogen and oxygen atoms in total. The minimum absolute atomic E-state index is 0.0276. The quantitative estimate of drug-likeness (QED) is 0.0320. The average Bonchev–Trinajstić information content (AvgIpc) is 3.53. The van der Waals surface area contributed by atoms with E-state index in [2.05, 4.69) is 31.3 Å². The number of hydrogen-bond donors (Lipinski definition) is 3. The summed E-state index contributed by atoms with van der Waals surface area (Å²) in [7, 11) is 0. The van der Waals surface area contributed by atoms with Crippen molar-refractivity contribution in [3.8, 4) is 0 Å². The molecule has 0 bridgehead atoms. The van der Waals surface area contributed by atoms with E-state index in [1.165, 1.54) is 392 Å². The zero-order valence-corrected chi connectivity index (χ0v) is 59.3. The van der Waals surface area contributed by atoms with E-state index >= 15 is 0 Å². The van der Waals surface area contributed by atoms with Crippen LogP contribution in [0.2, 0.25) is 0 Å². The zero-order valence-electron chi connectivity index (χ0n) is 59.3. The Bertz CT molecular complexity index is 1360. The molecular weight excluding hydrogens is 1070 g/mol. The summed E-state index contributed by atoms with van der Waals surface area (Å²) in [6, 6.07) is -0.623. The number of unbranched alkanes of at least 4 members (excludes halogenated alkanes) is 63. The molecule has 0 aliphatic heterocycles. The van der Waals surface area contributed by atoms with Gasteiger partial charge in [0.15, 0.2) is 0 Å². The van der Waals surface area contributed by atoms with Gasteiger partial charge in [0, 0.05) is 12.8 Å². The van der Waals surface area contributed by atoms with Crippen LogP contribution in [0.25, 0.3) is 0 Å². The number of carbonyl (C=O) groups is 2. The van der Waals surface area contributed by atoms with Gasteiger partial charge >= 0.3 is 5.97 Å². The summed E-state index contributed by atoms with van der Waals surface area (Å²) in [6.45, 7) is 4.95. The van der Waals surface area contributed by atoms with E-state index in [0.717, 1.165) is 38.5 Å². The van der Waals surface area contributed by atoms with Crippen LogP contribution in [0.3, 0.4) is 0 Å². The second-order valence-corrected chi connectivity index (χ2v) is 27.8. The molecular formula is C81H157NO5. The Morgan fingerprint density at radius 1 is 0.310 bits per heavy atom. The van der Waals surface area contributed by atoms with Crippen LogP contribution in [-0.4, -0.2) is 47.4 Å². The third-order valence-electron chi connectivity index (χ3n) is 19.0. The van der Waals surface area contributed by atoms with Crippen molar-refractivity contribution in [3.05, 3.63) is 24.3 Å². The number of rotatable bonds is 76. The first-order chi connectivity index (χ1) is 43.0. The van der Waals surface area contributed by atoms with Gasteiger partial charge in [-0.1, -0.05) is 411 Å². The molecule has 0 fully saturated rings. The Morgan fingerprint density at radius 3 is 0.816 bits per heavy atom. The van der Waals surface area contributed by atoms with Gasteiger partial charge in [-0.2, -0.15) is 0 Å². The molecule has 0 radical (unpaired) electrons. The van der Waals surface area contributed by atoms with Crippen LogP contribution in [0.5, 0.6) is 0 Å². The summed E-state index contributed by atoms with van der Waals surface area (Å²) in [6.07, 6.45) is 98.9. The lowest BCUT2D eigenvalue weighted by molar-refractivity contribution is -0.143. The molecule has 0 saturated carbocycles. The normalized spacial score (nSPS) is 12.6. The largest absolute Gasteiger partial charge is 0.466 e. The number of ether oxygens (including phenoxy) is 1. The fourth-order valence-electron chi connectivity index (χ4n) is 12.9. The van der Waals surface area contributed by atoms with Crippen LogP contribution in [0, 0.1) is 0 Å². The van der Waals surface area contributed by atoms with Gasteiger partial charge in [-0.05, 0) is 57.8 Å². The molecule has 516 valence electrons. The van der Waals surface area contributed by atoms with Crippen LogP contribution in [0.1, 0.15) is 457 Å². The molecule has 2 atom stereocenters. The minimum atomic E-state index is -0.840. The number of aliphatic hydroxyl groups is 2.